The van der Waals surface area contributed by atoms with Crippen LogP contribution in [0.15, 0.2) is 12.1 Å². The second-order valence-electron chi connectivity index (χ2n) is 3.91. The van der Waals surface area contributed by atoms with Crippen molar-refractivity contribution in [3.63, 3.8) is 0 Å². The first-order valence-corrected chi connectivity index (χ1v) is 6.14. The third-order valence-corrected chi connectivity index (χ3v) is 2.39. The summed E-state index contributed by atoms with van der Waals surface area (Å²) in [5.41, 5.74) is 7.35. The largest absolute Gasteiger partial charge is 0.489 e. The molecule has 0 spiro atoms. The van der Waals surface area contributed by atoms with Gasteiger partial charge in [0.15, 0.2) is 0 Å². The fourth-order valence-electron chi connectivity index (χ4n) is 1.49. The molecule has 18 heavy (non-hydrogen) atoms. The maximum Gasteiger partial charge on any atom is 0.142 e. The van der Waals surface area contributed by atoms with Gasteiger partial charge in [-0.2, -0.15) is 0 Å². The van der Waals surface area contributed by atoms with Gasteiger partial charge in [0.05, 0.1) is 12.3 Å². The molecular formula is C13H22N2O3. The van der Waals surface area contributed by atoms with E-state index in [1.807, 2.05) is 19.1 Å². The highest BCUT2D eigenvalue weighted by atomic mass is 16.5. The van der Waals surface area contributed by atoms with Crippen LogP contribution in [0.4, 0.5) is 0 Å². The summed E-state index contributed by atoms with van der Waals surface area (Å²) in [7, 11) is 1.68. The van der Waals surface area contributed by atoms with E-state index < -0.39 is 0 Å². The lowest BCUT2D eigenvalue weighted by atomic mass is 10.3. The van der Waals surface area contributed by atoms with Gasteiger partial charge in [-0.15, -0.1) is 0 Å². The summed E-state index contributed by atoms with van der Waals surface area (Å²) in [6.07, 6.45) is 0.899. The van der Waals surface area contributed by atoms with Gasteiger partial charge >= 0.3 is 0 Å². The normalized spacial score (nSPS) is 10.6. The Balaban J connectivity index is 2.22. The number of nitrogens with zero attached hydrogens (tertiary/aromatic N) is 1. The van der Waals surface area contributed by atoms with Crippen molar-refractivity contribution >= 4 is 0 Å². The predicted octanol–water partition coefficient (Wildman–Crippen LogP) is 1.28. The van der Waals surface area contributed by atoms with E-state index in [4.69, 9.17) is 19.9 Å². The van der Waals surface area contributed by atoms with Crippen LogP contribution in [0, 0.1) is 6.92 Å². The van der Waals surface area contributed by atoms with Crippen LogP contribution in [-0.4, -0.2) is 38.5 Å². The van der Waals surface area contributed by atoms with Crippen molar-refractivity contribution in [2.75, 3.05) is 33.5 Å². The van der Waals surface area contributed by atoms with Crippen LogP contribution in [-0.2, 0) is 16.0 Å². The number of ether oxygens (including phenoxy) is 3. The summed E-state index contributed by atoms with van der Waals surface area (Å²) < 4.78 is 15.9. The molecule has 2 N–H and O–H groups in total. The number of hydrogen-bond donors (Lipinski definition) is 1. The zero-order valence-corrected chi connectivity index (χ0v) is 11.1. The van der Waals surface area contributed by atoms with Gasteiger partial charge in [0.1, 0.15) is 12.4 Å². The lowest BCUT2D eigenvalue weighted by Crippen LogP contribution is -2.11. The van der Waals surface area contributed by atoms with E-state index in [9.17, 15) is 0 Å². The summed E-state index contributed by atoms with van der Waals surface area (Å²) in [5, 5.41) is 0. The number of hydrogen-bond acceptors (Lipinski definition) is 5. The van der Waals surface area contributed by atoms with E-state index in [-0.39, 0.29) is 0 Å². The summed E-state index contributed by atoms with van der Waals surface area (Å²) >= 11 is 0. The van der Waals surface area contributed by atoms with Crippen LogP contribution in [0.3, 0.4) is 0 Å². The minimum atomic E-state index is 0.381. The molecule has 0 unspecified atom stereocenters. The number of methoxy groups -OCH3 is 1. The Bertz CT molecular complexity index is 345. The molecule has 5 nitrogen and oxygen atoms in total. The van der Waals surface area contributed by atoms with Crippen molar-refractivity contribution in [2.45, 2.75) is 19.9 Å². The molecule has 0 atom stereocenters. The summed E-state index contributed by atoms with van der Waals surface area (Å²) in [4.78, 5) is 4.32. The van der Waals surface area contributed by atoms with Crippen LogP contribution in [0.1, 0.15) is 17.8 Å². The monoisotopic (exact) mass is 254 g/mol. The summed E-state index contributed by atoms with van der Waals surface area (Å²) in [6.45, 7) is 4.78. The maximum absolute atomic E-state index is 5.62. The molecule has 0 aliphatic rings. The quantitative estimate of drug-likeness (QED) is 0.672. The Labute approximate surface area is 108 Å². The van der Waals surface area contributed by atoms with Gasteiger partial charge in [-0.1, -0.05) is 0 Å². The molecule has 0 aliphatic heterocycles. The number of rotatable bonds is 9. The fraction of sp³-hybridized carbons (Fsp3) is 0.615. The van der Waals surface area contributed by atoms with Crippen molar-refractivity contribution in [1.29, 1.82) is 0 Å². The van der Waals surface area contributed by atoms with Crippen LogP contribution in [0.25, 0.3) is 0 Å². The molecule has 0 radical (unpaired) electrons. The second kappa shape index (κ2) is 8.85. The van der Waals surface area contributed by atoms with E-state index in [0.29, 0.717) is 26.4 Å². The third-order valence-electron chi connectivity index (χ3n) is 2.39. The van der Waals surface area contributed by atoms with Crippen LogP contribution >= 0.6 is 0 Å². The Morgan fingerprint density at radius 1 is 1.17 bits per heavy atom. The lowest BCUT2D eigenvalue weighted by molar-refractivity contribution is 0.0803. The highest BCUT2D eigenvalue weighted by Gasteiger charge is 2.03. The van der Waals surface area contributed by atoms with Crippen LogP contribution in [0.5, 0.6) is 5.75 Å². The zero-order chi connectivity index (χ0) is 13.2. The van der Waals surface area contributed by atoms with E-state index in [0.717, 1.165) is 30.2 Å². The first-order chi connectivity index (χ1) is 8.77. The molecule has 1 rings (SSSR count). The minimum absolute atomic E-state index is 0.381. The Hall–Kier alpha value is -1.17. The highest BCUT2D eigenvalue weighted by molar-refractivity contribution is 5.29. The zero-order valence-electron chi connectivity index (χ0n) is 11.1. The molecule has 0 saturated carbocycles. The van der Waals surface area contributed by atoms with Crippen LogP contribution in [0.2, 0.25) is 0 Å². The molecule has 1 aromatic rings. The van der Waals surface area contributed by atoms with Gasteiger partial charge in [0.2, 0.25) is 0 Å². The summed E-state index contributed by atoms with van der Waals surface area (Å²) in [5.74, 6) is 0.739. The van der Waals surface area contributed by atoms with Gasteiger partial charge in [0, 0.05) is 32.6 Å². The standard InChI is InChI=1S/C13H22N2O3/c1-11-4-5-13(12(10-14)15-11)18-9-8-17-7-3-6-16-2/h4-5H,3,6-10,14H2,1-2H3. The molecule has 0 aliphatic carbocycles. The molecule has 0 fully saturated rings. The van der Waals surface area contributed by atoms with E-state index in [1.165, 1.54) is 0 Å². The number of aromatic nitrogens is 1. The number of aryl methyl sites for hydroxylation is 1. The highest BCUT2D eigenvalue weighted by Crippen LogP contribution is 2.15. The summed E-state index contributed by atoms with van der Waals surface area (Å²) in [6, 6.07) is 3.81. The minimum Gasteiger partial charge on any atom is -0.489 e. The second-order valence-corrected chi connectivity index (χ2v) is 3.91. The van der Waals surface area contributed by atoms with Crippen molar-refractivity contribution in [2.24, 2.45) is 5.73 Å². The van der Waals surface area contributed by atoms with Crippen molar-refractivity contribution in [1.82, 2.24) is 4.98 Å². The number of pyridine rings is 1. The lowest BCUT2D eigenvalue weighted by Gasteiger charge is -2.10. The van der Waals surface area contributed by atoms with Crippen LogP contribution < -0.4 is 10.5 Å². The molecule has 102 valence electrons. The molecule has 0 bridgehead atoms. The average molecular weight is 254 g/mol. The van der Waals surface area contributed by atoms with Gasteiger partial charge < -0.3 is 19.9 Å². The predicted molar refractivity (Wildman–Crippen MR) is 69.7 cm³/mol. The third kappa shape index (κ3) is 5.44. The van der Waals surface area contributed by atoms with Crippen molar-refractivity contribution in [3.05, 3.63) is 23.5 Å². The van der Waals surface area contributed by atoms with Crippen molar-refractivity contribution in [3.8, 4) is 5.75 Å². The van der Waals surface area contributed by atoms with Gasteiger partial charge in [-0.3, -0.25) is 4.98 Å². The smallest absolute Gasteiger partial charge is 0.142 e. The molecule has 1 heterocycles. The Morgan fingerprint density at radius 3 is 2.72 bits per heavy atom. The molecule has 5 heteroatoms. The van der Waals surface area contributed by atoms with Gasteiger partial charge in [-0.25, -0.2) is 0 Å². The van der Waals surface area contributed by atoms with Crippen molar-refractivity contribution < 1.29 is 14.2 Å². The molecule has 1 aromatic heterocycles. The Morgan fingerprint density at radius 2 is 2.00 bits per heavy atom. The van der Waals surface area contributed by atoms with E-state index >= 15 is 0 Å². The molecule has 0 aromatic carbocycles. The first-order valence-electron chi connectivity index (χ1n) is 6.14. The topological polar surface area (TPSA) is 66.6 Å². The Kier molecular flexibility index (Phi) is 7.32. The van der Waals surface area contributed by atoms with Gasteiger partial charge in [-0.05, 0) is 25.5 Å². The number of nitrogens with two attached hydrogens (primary N) is 1. The molecule has 0 amide bonds. The average Bonchev–Trinajstić information content (AvgIpc) is 2.39. The van der Waals surface area contributed by atoms with E-state index in [2.05, 4.69) is 4.98 Å². The fourth-order valence-corrected chi connectivity index (χ4v) is 1.49. The molecule has 0 saturated heterocycles. The SMILES string of the molecule is COCCCOCCOc1ccc(C)nc1CN. The molecular weight excluding hydrogens is 232 g/mol. The van der Waals surface area contributed by atoms with Gasteiger partial charge in [0.25, 0.3) is 0 Å². The first kappa shape index (κ1) is 14.9. The maximum atomic E-state index is 5.62. The van der Waals surface area contributed by atoms with E-state index in [1.54, 1.807) is 7.11 Å².